The molecule has 2 aromatic carbocycles. The molecule has 150 valence electrons. The Labute approximate surface area is 165 Å². The van der Waals surface area contributed by atoms with Gasteiger partial charge in [0, 0.05) is 36.1 Å². The molecule has 2 N–H and O–H groups in total. The van der Waals surface area contributed by atoms with Crippen molar-refractivity contribution < 1.29 is 17.9 Å². The van der Waals surface area contributed by atoms with Crippen molar-refractivity contribution in [3.8, 4) is 0 Å². The molecular formula is C20H25N3O4S. The summed E-state index contributed by atoms with van der Waals surface area (Å²) in [5.74, 6) is -0.360. The largest absolute Gasteiger partial charge is 0.378 e. The molecule has 0 unspecified atom stereocenters. The third kappa shape index (κ3) is 5.09. The van der Waals surface area contributed by atoms with Crippen LogP contribution in [0.1, 0.15) is 24.2 Å². The van der Waals surface area contributed by atoms with Gasteiger partial charge in [-0.3, -0.25) is 4.79 Å². The molecule has 1 aliphatic heterocycles. The summed E-state index contributed by atoms with van der Waals surface area (Å²) in [4.78, 5) is 14.8. The van der Waals surface area contributed by atoms with E-state index in [2.05, 4.69) is 14.9 Å². The first-order chi connectivity index (χ1) is 13.3. The van der Waals surface area contributed by atoms with E-state index in [0.717, 1.165) is 18.8 Å². The van der Waals surface area contributed by atoms with Gasteiger partial charge in [-0.15, -0.1) is 0 Å². The second-order valence-corrected chi connectivity index (χ2v) is 8.62. The molecule has 0 radical (unpaired) electrons. The van der Waals surface area contributed by atoms with Crippen molar-refractivity contribution in [3.63, 3.8) is 0 Å². The van der Waals surface area contributed by atoms with Crippen LogP contribution in [0.3, 0.4) is 0 Å². The van der Waals surface area contributed by atoms with Gasteiger partial charge in [-0.25, -0.2) is 13.1 Å². The molecule has 1 fully saturated rings. The summed E-state index contributed by atoms with van der Waals surface area (Å²) >= 11 is 0. The Morgan fingerprint density at radius 1 is 1.07 bits per heavy atom. The highest BCUT2D eigenvalue weighted by Gasteiger charge is 2.17. The molecule has 1 saturated heterocycles. The van der Waals surface area contributed by atoms with Crippen LogP contribution in [0.2, 0.25) is 0 Å². The van der Waals surface area contributed by atoms with Gasteiger partial charge < -0.3 is 15.0 Å². The highest BCUT2D eigenvalue weighted by molar-refractivity contribution is 7.89. The lowest BCUT2D eigenvalue weighted by atomic mass is 10.2. The van der Waals surface area contributed by atoms with Crippen molar-refractivity contribution in [1.29, 1.82) is 0 Å². The monoisotopic (exact) mass is 403 g/mol. The number of anilines is 2. The van der Waals surface area contributed by atoms with Gasteiger partial charge >= 0.3 is 0 Å². The molecule has 0 aromatic heterocycles. The number of nitrogens with one attached hydrogen (secondary N) is 2. The average molecular weight is 404 g/mol. The molecule has 7 nitrogen and oxygen atoms in total. The minimum atomic E-state index is -3.65. The summed E-state index contributed by atoms with van der Waals surface area (Å²) in [5, 5.41) is 2.81. The number of carbonyl (C=O) groups is 1. The molecule has 1 amide bonds. The maximum Gasteiger partial charge on any atom is 0.255 e. The Morgan fingerprint density at radius 3 is 2.39 bits per heavy atom. The van der Waals surface area contributed by atoms with Crippen LogP contribution in [0.4, 0.5) is 11.4 Å². The highest BCUT2D eigenvalue weighted by atomic mass is 32.2. The number of ether oxygens (including phenoxy) is 1. The Morgan fingerprint density at radius 2 is 1.75 bits per heavy atom. The van der Waals surface area contributed by atoms with Crippen LogP contribution in [0, 0.1) is 0 Å². The van der Waals surface area contributed by atoms with Crippen molar-refractivity contribution in [3.05, 3.63) is 54.1 Å². The first kappa shape index (κ1) is 20.3. The van der Waals surface area contributed by atoms with Gasteiger partial charge in [0.1, 0.15) is 0 Å². The van der Waals surface area contributed by atoms with Gasteiger partial charge in [-0.2, -0.15) is 0 Å². The van der Waals surface area contributed by atoms with E-state index < -0.39 is 10.0 Å². The molecule has 1 aliphatic rings. The number of hydrogen-bond donors (Lipinski definition) is 2. The van der Waals surface area contributed by atoms with E-state index in [1.807, 2.05) is 24.3 Å². The van der Waals surface area contributed by atoms with Gasteiger partial charge in [0.25, 0.3) is 5.91 Å². The lowest BCUT2D eigenvalue weighted by Gasteiger charge is -2.28. The number of amides is 1. The van der Waals surface area contributed by atoms with E-state index in [-0.39, 0.29) is 22.4 Å². The predicted molar refractivity (Wildman–Crippen MR) is 109 cm³/mol. The maximum absolute atomic E-state index is 12.5. The number of carbonyl (C=O) groups excluding carboxylic acids is 1. The number of rotatable bonds is 6. The van der Waals surface area contributed by atoms with Crippen molar-refractivity contribution in [1.82, 2.24) is 4.72 Å². The minimum absolute atomic E-state index is 0.0662. The zero-order chi connectivity index (χ0) is 20.1. The highest BCUT2D eigenvalue weighted by Crippen LogP contribution is 2.20. The van der Waals surface area contributed by atoms with Gasteiger partial charge in [0.15, 0.2) is 0 Å². The molecule has 2 aromatic rings. The third-order valence-electron chi connectivity index (χ3n) is 4.30. The summed E-state index contributed by atoms with van der Waals surface area (Å²) in [6.45, 7) is 6.60. The summed E-state index contributed by atoms with van der Waals surface area (Å²) in [5.41, 5.74) is 2.01. The Kier molecular flexibility index (Phi) is 6.33. The van der Waals surface area contributed by atoms with Crippen LogP contribution in [-0.4, -0.2) is 46.7 Å². The fraction of sp³-hybridized carbons (Fsp3) is 0.350. The van der Waals surface area contributed by atoms with E-state index in [1.54, 1.807) is 26.0 Å². The SMILES string of the molecule is CC(C)NS(=O)(=O)c1cccc(C(=O)Nc2ccc(N3CCOCC3)cc2)c1. The molecule has 0 atom stereocenters. The number of benzene rings is 2. The summed E-state index contributed by atoms with van der Waals surface area (Å²) in [6, 6.07) is 13.3. The van der Waals surface area contributed by atoms with Gasteiger partial charge in [0.05, 0.1) is 18.1 Å². The second kappa shape index (κ2) is 8.72. The van der Waals surface area contributed by atoms with E-state index in [9.17, 15) is 13.2 Å². The Balaban J connectivity index is 1.70. The fourth-order valence-electron chi connectivity index (χ4n) is 2.96. The quantitative estimate of drug-likeness (QED) is 0.774. The fourth-order valence-corrected chi connectivity index (χ4v) is 4.26. The molecule has 0 aliphatic carbocycles. The van der Waals surface area contributed by atoms with Crippen molar-refractivity contribution in [2.75, 3.05) is 36.5 Å². The first-order valence-electron chi connectivity index (χ1n) is 9.22. The Hall–Kier alpha value is -2.42. The first-order valence-corrected chi connectivity index (χ1v) is 10.7. The van der Waals surface area contributed by atoms with Crippen LogP contribution in [0.25, 0.3) is 0 Å². The van der Waals surface area contributed by atoms with Gasteiger partial charge in [-0.1, -0.05) is 6.07 Å². The Bertz CT molecular complexity index is 921. The van der Waals surface area contributed by atoms with Crippen molar-refractivity contribution in [2.24, 2.45) is 0 Å². The summed E-state index contributed by atoms with van der Waals surface area (Å²) in [7, 11) is -3.65. The smallest absolute Gasteiger partial charge is 0.255 e. The third-order valence-corrected chi connectivity index (χ3v) is 5.96. The van der Waals surface area contributed by atoms with Crippen LogP contribution in [0.15, 0.2) is 53.4 Å². The summed E-state index contributed by atoms with van der Waals surface area (Å²) in [6.07, 6.45) is 0. The number of hydrogen-bond acceptors (Lipinski definition) is 5. The van der Waals surface area contributed by atoms with E-state index in [0.29, 0.717) is 18.9 Å². The number of nitrogens with zero attached hydrogens (tertiary/aromatic N) is 1. The van der Waals surface area contributed by atoms with Crippen LogP contribution >= 0.6 is 0 Å². The lowest BCUT2D eigenvalue weighted by Crippen LogP contribution is -2.36. The maximum atomic E-state index is 12.5. The van der Waals surface area contributed by atoms with Crippen molar-refractivity contribution in [2.45, 2.75) is 24.8 Å². The molecule has 8 heteroatoms. The minimum Gasteiger partial charge on any atom is -0.378 e. The van der Waals surface area contributed by atoms with Gasteiger partial charge in [-0.05, 0) is 56.3 Å². The zero-order valence-corrected chi connectivity index (χ0v) is 16.8. The van der Waals surface area contributed by atoms with Crippen LogP contribution in [-0.2, 0) is 14.8 Å². The van der Waals surface area contributed by atoms with Crippen LogP contribution in [0.5, 0.6) is 0 Å². The van der Waals surface area contributed by atoms with E-state index in [4.69, 9.17) is 4.74 Å². The standard InChI is InChI=1S/C20H25N3O4S/c1-15(2)22-28(25,26)19-5-3-4-16(14-19)20(24)21-17-6-8-18(9-7-17)23-10-12-27-13-11-23/h3-9,14-15,22H,10-13H2,1-2H3,(H,21,24). The lowest BCUT2D eigenvalue weighted by molar-refractivity contribution is 0.102. The summed E-state index contributed by atoms with van der Waals surface area (Å²) < 4.78 is 32.5. The van der Waals surface area contributed by atoms with Gasteiger partial charge in [0.2, 0.25) is 10.0 Å². The predicted octanol–water partition coefficient (Wildman–Crippen LogP) is 2.46. The molecular weight excluding hydrogens is 378 g/mol. The van der Waals surface area contributed by atoms with E-state index in [1.165, 1.54) is 12.1 Å². The average Bonchev–Trinajstić information content (AvgIpc) is 2.68. The topological polar surface area (TPSA) is 87.7 Å². The molecule has 0 bridgehead atoms. The molecule has 3 rings (SSSR count). The molecule has 0 spiro atoms. The van der Waals surface area contributed by atoms with E-state index >= 15 is 0 Å². The second-order valence-electron chi connectivity index (χ2n) is 6.90. The normalized spacial score (nSPS) is 14.9. The molecule has 28 heavy (non-hydrogen) atoms. The van der Waals surface area contributed by atoms with Crippen LogP contribution < -0.4 is 14.9 Å². The number of sulfonamides is 1. The zero-order valence-electron chi connectivity index (χ0n) is 16.0. The number of morpholine rings is 1. The van der Waals surface area contributed by atoms with Crippen molar-refractivity contribution >= 4 is 27.3 Å². The molecule has 1 heterocycles. The molecule has 0 saturated carbocycles.